The maximum Gasteiger partial charge on any atom is 0.187 e. The summed E-state index contributed by atoms with van der Waals surface area (Å²) in [5.41, 5.74) is 0. The van der Waals surface area contributed by atoms with Crippen LogP contribution in [-0.4, -0.2) is 28.9 Å². The molecule has 0 saturated carbocycles. The smallest absolute Gasteiger partial charge is 0.187 e. The summed E-state index contributed by atoms with van der Waals surface area (Å²) < 4.78 is 9.19. The number of rotatable bonds is 0. The first-order chi connectivity index (χ1) is 2.73. The van der Waals surface area contributed by atoms with E-state index in [9.17, 15) is 4.57 Å². The largest absolute Gasteiger partial charge is 0.346 e. The normalized spacial score (nSPS) is 9.71. The second-order valence-electron chi connectivity index (χ2n) is 0.519. The molecule has 0 spiro atoms. The molecule has 0 aliphatic rings. The maximum atomic E-state index is 9.19. The Balaban J connectivity index is -0.0000000480. The van der Waals surface area contributed by atoms with Crippen LogP contribution >= 0.6 is 8.03 Å². The Hall–Kier alpha value is 0.722. The fourth-order valence-corrected chi connectivity index (χ4v) is 0. The van der Waals surface area contributed by atoms with Crippen LogP contribution in [0.3, 0.4) is 0 Å². The predicted molar refractivity (Wildman–Crippen MR) is 38.4 cm³/mol. The van der Waals surface area contributed by atoms with Gasteiger partial charge in [-0.05, 0) is 0 Å². The summed E-state index contributed by atoms with van der Waals surface area (Å²) in [5.74, 6) is 0. The van der Waals surface area contributed by atoms with Gasteiger partial charge in [-0.15, -0.1) is 0 Å². The van der Waals surface area contributed by atoms with Crippen LogP contribution < -0.4 is 0 Å². The Bertz CT molecular complexity index is 35.9. The van der Waals surface area contributed by atoms with Gasteiger partial charge in [0.1, 0.15) is 0 Å². The molecule has 0 fully saturated rings. The lowest BCUT2D eigenvalue weighted by Gasteiger charge is -1.61. The predicted octanol–water partition coefficient (Wildman–Crippen LogP) is -0.0745. The zero-order chi connectivity index (χ0) is 5.58. The Morgan fingerprint density at radius 2 is 1.43 bits per heavy atom. The summed E-state index contributed by atoms with van der Waals surface area (Å²) in [4.78, 5) is 7.60. The highest BCUT2D eigenvalue weighted by molar-refractivity contribution is 7.36. The van der Waals surface area contributed by atoms with Gasteiger partial charge < -0.3 is 4.89 Å². The average Bonchev–Trinajstić information content (AvgIpc) is 1.41. The fraction of sp³-hybridized carbons (Fsp3) is 1.00. The van der Waals surface area contributed by atoms with Gasteiger partial charge in [-0.3, -0.25) is 4.57 Å². The summed E-state index contributed by atoms with van der Waals surface area (Å²) >= 11 is 0. The topological polar surface area (TPSA) is 37.3 Å². The first-order valence-corrected chi connectivity index (χ1v) is 3.78. The van der Waals surface area contributed by atoms with Crippen molar-refractivity contribution in [1.29, 1.82) is 0 Å². The molecule has 7 heavy (non-hydrogen) atoms. The van der Waals surface area contributed by atoms with Gasteiger partial charge in [0.25, 0.3) is 0 Å². The van der Waals surface area contributed by atoms with E-state index in [1.54, 1.807) is 0 Å². The Morgan fingerprint density at radius 1 is 1.43 bits per heavy atom. The van der Waals surface area contributed by atoms with E-state index in [2.05, 4.69) is 0 Å². The maximum absolute atomic E-state index is 9.19. The molecular weight excluding hydrogens is 126 g/mol. The van der Waals surface area contributed by atoms with Gasteiger partial charge in [-0.1, -0.05) is 13.8 Å². The highest BCUT2D eigenvalue weighted by Gasteiger charge is 1.60. The average molecular weight is 140 g/mol. The van der Waals surface area contributed by atoms with E-state index >= 15 is 0 Å². The third kappa shape index (κ3) is 287. The second-order valence-corrected chi connectivity index (χ2v) is 1.56. The zero-order valence-electron chi connectivity index (χ0n) is 4.36. The number of hydrogen-bond acceptors (Lipinski definition) is 1. The van der Waals surface area contributed by atoms with Crippen molar-refractivity contribution in [2.24, 2.45) is 0 Å². The van der Waals surface area contributed by atoms with E-state index in [-0.39, 0.29) is 17.4 Å². The van der Waals surface area contributed by atoms with Gasteiger partial charge in [0, 0.05) is 6.66 Å². The van der Waals surface area contributed by atoms with Crippen molar-refractivity contribution in [2.75, 3.05) is 6.66 Å². The zero-order valence-corrected chi connectivity index (χ0v) is 5.36. The minimum atomic E-state index is -2.13. The van der Waals surface area contributed by atoms with Gasteiger partial charge in [-0.2, -0.15) is 0 Å². The van der Waals surface area contributed by atoms with Crippen LogP contribution in [0.15, 0.2) is 0 Å². The first kappa shape index (κ1) is 15.6. The standard InChI is InChI=1S/C2H6.CH5O2P.Al.3H/c1-2;1-4(2)3;;;;/h1-2H3;4H,1H3,(H,2,3);;;;. The monoisotopic (exact) mass is 140 g/mol. The molecule has 0 heterocycles. The summed E-state index contributed by atoms with van der Waals surface area (Å²) in [6.07, 6.45) is 0. The quantitative estimate of drug-likeness (QED) is 0.377. The molecule has 0 bridgehead atoms. The highest BCUT2D eigenvalue weighted by atomic mass is 31.1. The molecular formula is C3H14AlO2P. The molecule has 1 N–H and O–H groups in total. The molecule has 4 heteroatoms. The van der Waals surface area contributed by atoms with Crippen LogP contribution in [0.2, 0.25) is 0 Å². The van der Waals surface area contributed by atoms with Crippen molar-refractivity contribution < 1.29 is 9.46 Å². The van der Waals surface area contributed by atoms with Crippen molar-refractivity contribution >= 4 is 25.4 Å². The van der Waals surface area contributed by atoms with Crippen molar-refractivity contribution in [1.82, 2.24) is 0 Å². The summed E-state index contributed by atoms with van der Waals surface area (Å²) in [7, 11) is -2.13. The van der Waals surface area contributed by atoms with Crippen molar-refractivity contribution in [3.63, 3.8) is 0 Å². The summed E-state index contributed by atoms with van der Waals surface area (Å²) in [6.45, 7) is 5.27. The first-order valence-electron chi connectivity index (χ1n) is 1.93. The molecule has 0 aliphatic carbocycles. The van der Waals surface area contributed by atoms with E-state index in [0.717, 1.165) is 0 Å². The van der Waals surface area contributed by atoms with Gasteiger partial charge in [0.15, 0.2) is 25.4 Å². The molecule has 0 saturated heterocycles. The lowest BCUT2D eigenvalue weighted by Crippen LogP contribution is -1.35. The van der Waals surface area contributed by atoms with Gasteiger partial charge in [0.2, 0.25) is 0 Å². The second kappa shape index (κ2) is 15.9. The van der Waals surface area contributed by atoms with Crippen LogP contribution in [0.25, 0.3) is 0 Å². The molecule has 0 aromatic rings. The van der Waals surface area contributed by atoms with E-state index in [4.69, 9.17) is 4.89 Å². The summed E-state index contributed by atoms with van der Waals surface area (Å²) in [6, 6.07) is 0. The van der Waals surface area contributed by atoms with E-state index in [0.29, 0.717) is 0 Å². The fourth-order valence-electron chi connectivity index (χ4n) is 0. The molecule has 1 unspecified atom stereocenters. The minimum Gasteiger partial charge on any atom is -0.346 e. The van der Waals surface area contributed by atoms with Crippen LogP contribution in [-0.2, 0) is 4.57 Å². The lowest BCUT2D eigenvalue weighted by molar-refractivity contribution is 0.509. The molecule has 0 aromatic carbocycles. The van der Waals surface area contributed by atoms with Crippen LogP contribution in [0, 0.1) is 0 Å². The van der Waals surface area contributed by atoms with Crippen molar-refractivity contribution in [3.8, 4) is 0 Å². The van der Waals surface area contributed by atoms with E-state index < -0.39 is 8.03 Å². The third-order valence-corrected chi connectivity index (χ3v) is 0. The summed E-state index contributed by atoms with van der Waals surface area (Å²) in [5, 5.41) is 0. The molecule has 0 aromatic heterocycles. The Morgan fingerprint density at radius 3 is 1.43 bits per heavy atom. The van der Waals surface area contributed by atoms with Crippen LogP contribution in [0.5, 0.6) is 0 Å². The highest BCUT2D eigenvalue weighted by Crippen LogP contribution is 1.99. The molecule has 2 nitrogen and oxygen atoms in total. The molecule has 0 radical (unpaired) electrons. The SMILES string of the molecule is CC.C[PH](=O)O.[AlH3]. The van der Waals surface area contributed by atoms with E-state index in [1.807, 2.05) is 13.8 Å². The van der Waals surface area contributed by atoms with Gasteiger partial charge in [0.05, 0.1) is 0 Å². The molecule has 46 valence electrons. The van der Waals surface area contributed by atoms with Crippen LogP contribution in [0.1, 0.15) is 13.8 Å². The molecule has 1 atom stereocenters. The minimum absolute atomic E-state index is 0. The lowest BCUT2D eigenvalue weighted by atomic mass is 11.0. The molecule has 0 rings (SSSR count). The van der Waals surface area contributed by atoms with Crippen LogP contribution in [0.4, 0.5) is 0 Å². The molecule has 0 amide bonds. The van der Waals surface area contributed by atoms with Gasteiger partial charge in [-0.25, -0.2) is 0 Å². The molecule has 0 aliphatic heterocycles. The van der Waals surface area contributed by atoms with Gasteiger partial charge >= 0.3 is 0 Å². The Labute approximate surface area is 55.9 Å². The van der Waals surface area contributed by atoms with Crippen molar-refractivity contribution in [2.45, 2.75) is 13.8 Å². The third-order valence-electron chi connectivity index (χ3n) is 0. The number of hydrogen-bond donors (Lipinski definition) is 1. The Kier molecular flexibility index (Phi) is 35.5. The van der Waals surface area contributed by atoms with E-state index in [1.165, 1.54) is 6.66 Å². The van der Waals surface area contributed by atoms with Crippen molar-refractivity contribution in [3.05, 3.63) is 0 Å².